The van der Waals surface area contributed by atoms with Crippen LogP contribution in [-0.2, 0) is 5.41 Å². The Morgan fingerprint density at radius 3 is 2.03 bits per heavy atom. The predicted molar refractivity (Wildman–Crippen MR) is 155 cm³/mol. The molecule has 2 fully saturated rings. The van der Waals surface area contributed by atoms with Crippen LogP contribution in [0.1, 0.15) is 138 Å². The van der Waals surface area contributed by atoms with Gasteiger partial charge in [-0.2, -0.15) is 0 Å². The van der Waals surface area contributed by atoms with E-state index in [1.54, 1.807) is 0 Å². The SMILES string of the molecule is CC#CCCC1(c2ccc(C#Cc3ccc(C4CCC(CCCCC)CC4)cc3)cc2)CCCCC1. The average molecular weight is 479 g/mol. The Hall–Kier alpha value is -2.44. The molecule has 2 aliphatic carbocycles. The molecule has 0 bridgehead atoms. The maximum atomic E-state index is 3.41. The zero-order valence-electron chi connectivity index (χ0n) is 22.9. The normalized spacial score (nSPS) is 21.1. The van der Waals surface area contributed by atoms with E-state index in [1.165, 1.54) is 101 Å². The molecule has 0 spiro atoms. The number of hydrogen-bond donors (Lipinski definition) is 0. The Morgan fingerprint density at radius 2 is 1.42 bits per heavy atom. The van der Waals surface area contributed by atoms with Crippen molar-refractivity contribution in [3.8, 4) is 23.7 Å². The summed E-state index contributed by atoms with van der Waals surface area (Å²) in [5.41, 5.74) is 5.57. The molecule has 0 nitrogen and oxygen atoms in total. The second kappa shape index (κ2) is 13.8. The summed E-state index contributed by atoms with van der Waals surface area (Å²) in [6.45, 7) is 4.26. The van der Waals surface area contributed by atoms with Gasteiger partial charge in [0.2, 0.25) is 0 Å². The first kappa shape index (κ1) is 26.6. The number of hydrogen-bond acceptors (Lipinski definition) is 0. The molecule has 2 saturated carbocycles. The summed E-state index contributed by atoms with van der Waals surface area (Å²) in [6.07, 6.45) is 20.0. The maximum absolute atomic E-state index is 3.41. The minimum Gasteiger partial charge on any atom is -0.107 e. The number of rotatable bonds is 8. The third-order valence-corrected chi connectivity index (χ3v) is 9.01. The van der Waals surface area contributed by atoms with Crippen molar-refractivity contribution in [2.75, 3.05) is 0 Å². The molecule has 0 aromatic heterocycles. The van der Waals surface area contributed by atoms with Gasteiger partial charge in [-0.3, -0.25) is 0 Å². The van der Waals surface area contributed by atoms with Crippen molar-refractivity contribution in [2.45, 2.75) is 121 Å². The van der Waals surface area contributed by atoms with Gasteiger partial charge in [-0.05, 0) is 105 Å². The molecule has 2 aromatic carbocycles. The molecule has 0 heteroatoms. The van der Waals surface area contributed by atoms with E-state index in [0.29, 0.717) is 5.41 Å². The van der Waals surface area contributed by atoms with Crippen molar-refractivity contribution >= 4 is 0 Å². The molecule has 0 saturated heterocycles. The lowest BCUT2D eigenvalue weighted by Gasteiger charge is -2.37. The fourth-order valence-electron chi connectivity index (χ4n) is 6.70. The van der Waals surface area contributed by atoms with Crippen LogP contribution in [0.2, 0.25) is 0 Å². The van der Waals surface area contributed by atoms with Crippen LogP contribution in [0.15, 0.2) is 48.5 Å². The van der Waals surface area contributed by atoms with Gasteiger partial charge in [-0.25, -0.2) is 0 Å². The Labute approximate surface area is 221 Å². The highest BCUT2D eigenvalue weighted by Gasteiger charge is 2.33. The van der Waals surface area contributed by atoms with E-state index >= 15 is 0 Å². The van der Waals surface area contributed by atoms with Crippen LogP contribution >= 0.6 is 0 Å². The first-order valence-electron chi connectivity index (χ1n) is 14.8. The quantitative estimate of drug-likeness (QED) is 0.261. The summed E-state index contributed by atoms with van der Waals surface area (Å²) >= 11 is 0. The van der Waals surface area contributed by atoms with Gasteiger partial charge in [0.1, 0.15) is 0 Å². The van der Waals surface area contributed by atoms with Crippen molar-refractivity contribution in [3.63, 3.8) is 0 Å². The summed E-state index contributed by atoms with van der Waals surface area (Å²) < 4.78 is 0. The number of benzene rings is 2. The van der Waals surface area contributed by atoms with E-state index in [0.717, 1.165) is 29.4 Å². The van der Waals surface area contributed by atoms with Crippen LogP contribution in [0.5, 0.6) is 0 Å². The second-order valence-corrected chi connectivity index (χ2v) is 11.4. The monoisotopic (exact) mass is 478 g/mol. The van der Waals surface area contributed by atoms with Gasteiger partial charge in [0.05, 0.1) is 0 Å². The molecule has 190 valence electrons. The highest BCUT2D eigenvalue weighted by Crippen LogP contribution is 2.43. The maximum Gasteiger partial charge on any atom is 0.0249 e. The van der Waals surface area contributed by atoms with Crippen molar-refractivity contribution in [3.05, 3.63) is 70.8 Å². The molecule has 0 aliphatic heterocycles. The Balaban J connectivity index is 1.34. The van der Waals surface area contributed by atoms with E-state index in [9.17, 15) is 0 Å². The van der Waals surface area contributed by atoms with Gasteiger partial charge in [0.15, 0.2) is 0 Å². The standard InChI is InChI=1S/C36H46/c1-3-5-8-12-30-15-21-33(22-16-30)34-23-17-31(18-24-34)13-14-32-19-25-35(26-20-32)36(27-9-6-4-2)28-10-7-11-29-36/h17-20,23-26,30,33H,3,5,7-12,15-16,21-22,27-29H2,1-2H3. The first-order chi connectivity index (χ1) is 17.7. The Morgan fingerprint density at radius 1 is 0.778 bits per heavy atom. The van der Waals surface area contributed by atoms with Gasteiger partial charge in [-0.15, -0.1) is 11.8 Å². The third kappa shape index (κ3) is 7.30. The van der Waals surface area contributed by atoms with Crippen LogP contribution in [0, 0.1) is 29.6 Å². The van der Waals surface area contributed by atoms with Gasteiger partial charge < -0.3 is 0 Å². The minimum atomic E-state index is 0.318. The van der Waals surface area contributed by atoms with E-state index in [4.69, 9.17) is 0 Å². The largest absolute Gasteiger partial charge is 0.107 e. The molecule has 2 aliphatic rings. The second-order valence-electron chi connectivity index (χ2n) is 11.4. The topological polar surface area (TPSA) is 0 Å². The molecular formula is C36H46. The number of unbranched alkanes of at least 4 members (excludes halogenated alkanes) is 2. The van der Waals surface area contributed by atoms with E-state index in [2.05, 4.69) is 79.1 Å². The fraction of sp³-hybridized carbons (Fsp3) is 0.556. The van der Waals surface area contributed by atoms with Crippen molar-refractivity contribution in [1.82, 2.24) is 0 Å². The zero-order chi connectivity index (χ0) is 25.1. The molecule has 0 atom stereocenters. The van der Waals surface area contributed by atoms with Crippen LogP contribution in [0.4, 0.5) is 0 Å². The fourth-order valence-corrected chi connectivity index (χ4v) is 6.70. The average Bonchev–Trinajstić information content (AvgIpc) is 2.94. The molecule has 0 amide bonds. The highest BCUT2D eigenvalue weighted by atomic mass is 14.4. The van der Waals surface area contributed by atoms with Crippen LogP contribution in [0.25, 0.3) is 0 Å². The van der Waals surface area contributed by atoms with Crippen molar-refractivity contribution in [2.24, 2.45) is 5.92 Å². The van der Waals surface area contributed by atoms with Gasteiger partial charge in [0.25, 0.3) is 0 Å². The summed E-state index contributed by atoms with van der Waals surface area (Å²) in [4.78, 5) is 0. The highest BCUT2D eigenvalue weighted by molar-refractivity contribution is 5.45. The molecule has 4 rings (SSSR count). The lowest BCUT2D eigenvalue weighted by atomic mass is 9.67. The van der Waals surface area contributed by atoms with Gasteiger partial charge in [0, 0.05) is 17.5 Å². The van der Waals surface area contributed by atoms with Crippen LogP contribution in [0.3, 0.4) is 0 Å². The summed E-state index contributed by atoms with van der Waals surface area (Å²) in [5, 5.41) is 0. The zero-order valence-corrected chi connectivity index (χ0v) is 22.9. The molecule has 2 aromatic rings. The van der Waals surface area contributed by atoms with Crippen LogP contribution < -0.4 is 0 Å². The van der Waals surface area contributed by atoms with Gasteiger partial charge >= 0.3 is 0 Å². The molecule has 0 N–H and O–H groups in total. The van der Waals surface area contributed by atoms with Crippen molar-refractivity contribution in [1.29, 1.82) is 0 Å². The predicted octanol–water partition coefficient (Wildman–Crippen LogP) is 9.95. The molecular weight excluding hydrogens is 432 g/mol. The summed E-state index contributed by atoms with van der Waals surface area (Å²) in [6, 6.07) is 18.3. The minimum absolute atomic E-state index is 0.318. The van der Waals surface area contributed by atoms with E-state index in [-0.39, 0.29) is 0 Å². The molecule has 36 heavy (non-hydrogen) atoms. The smallest absolute Gasteiger partial charge is 0.0249 e. The third-order valence-electron chi connectivity index (χ3n) is 9.01. The molecule has 0 radical (unpaired) electrons. The first-order valence-corrected chi connectivity index (χ1v) is 14.8. The lowest BCUT2D eigenvalue weighted by molar-refractivity contribution is 0.276. The van der Waals surface area contributed by atoms with E-state index < -0.39 is 0 Å². The summed E-state index contributed by atoms with van der Waals surface area (Å²) in [7, 11) is 0. The Kier molecular flexibility index (Phi) is 10.2. The lowest BCUT2D eigenvalue weighted by Crippen LogP contribution is -2.28. The van der Waals surface area contributed by atoms with Crippen LogP contribution in [-0.4, -0.2) is 0 Å². The molecule has 0 unspecified atom stereocenters. The Bertz CT molecular complexity index is 1030. The van der Waals surface area contributed by atoms with Gasteiger partial charge in [-0.1, -0.05) is 88.0 Å². The van der Waals surface area contributed by atoms with Crippen molar-refractivity contribution < 1.29 is 0 Å². The molecule has 0 heterocycles. The summed E-state index contributed by atoms with van der Waals surface area (Å²) in [5.74, 6) is 14.9. The van der Waals surface area contributed by atoms with E-state index in [1.807, 2.05) is 6.92 Å².